The smallest absolute Gasteiger partial charge is 0.0668 e. The van der Waals surface area contributed by atoms with Gasteiger partial charge in [0.15, 0.2) is 0 Å². The Labute approximate surface area is 56.5 Å². The van der Waals surface area contributed by atoms with Crippen LogP contribution in [-0.2, 0) is 0 Å². The first-order valence-electron chi connectivity index (χ1n) is 1.78. The first-order valence-corrected chi connectivity index (χ1v) is 5.21. The van der Waals surface area contributed by atoms with Crippen LogP contribution in [0.3, 0.4) is 0 Å². The van der Waals surface area contributed by atoms with Crippen LogP contribution < -0.4 is 0 Å². The molecule has 0 N–H and O–H groups in total. The Morgan fingerprint density at radius 3 is 2.50 bits per heavy atom. The first kappa shape index (κ1) is 7.14. The third kappa shape index (κ3) is 3.34. The summed E-state index contributed by atoms with van der Waals surface area (Å²) < 4.78 is 0. The molecule has 0 heterocycles. The summed E-state index contributed by atoms with van der Waals surface area (Å²) in [5.41, 5.74) is 0. The average molecular weight is 212 g/mol. The van der Waals surface area contributed by atoms with Crippen molar-refractivity contribution < 1.29 is 0 Å². The van der Waals surface area contributed by atoms with Crippen molar-refractivity contribution in [3.05, 3.63) is 0 Å². The van der Waals surface area contributed by atoms with Gasteiger partial charge in [0, 0.05) is 5.25 Å². The maximum Gasteiger partial charge on any atom is 0.0668 e. The van der Waals surface area contributed by atoms with E-state index in [-0.39, 0.29) is 0 Å². The van der Waals surface area contributed by atoms with Gasteiger partial charge in [0.05, 0.1) is 7.85 Å². The van der Waals surface area contributed by atoms with Gasteiger partial charge < -0.3 is 0 Å². The summed E-state index contributed by atoms with van der Waals surface area (Å²) in [6.45, 7) is 2.11. The summed E-state index contributed by atoms with van der Waals surface area (Å²) in [5, 5.41) is 0.616. The van der Waals surface area contributed by atoms with E-state index < -0.39 is 0 Å². The average Bonchev–Trinajstić information content (AvgIpc) is 1.65. The largest absolute Gasteiger partial charge is 0.0870 e. The zero-order valence-electron chi connectivity index (χ0n) is 3.65. The van der Waals surface area contributed by atoms with Crippen molar-refractivity contribution in [2.45, 2.75) is 18.5 Å². The van der Waals surface area contributed by atoms with E-state index in [9.17, 15) is 0 Å². The molecule has 34 valence electrons. The standard InChI is InChI=1S/C3H6BIS/c1-3(2-4)6-5/h3H,2H2,1H3/t3-/m1/s1. The molecule has 0 nitrogen and oxygen atoms in total. The van der Waals surface area contributed by atoms with Crippen molar-refractivity contribution in [1.82, 2.24) is 0 Å². The molecule has 0 spiro atoms. The Bertz CT molecular complexity index is 30.0. The highest BCUT2D eigenvalue weighted by atomic mass is 127. The second kappa shape index (κ2) is 4.31. The van der Waals surface area contributed by atoms with Crippen LogP contribution in [0.2, 0.25) is 6.32 Å². The molecule has 0 amide bonds. The van der Waals surface area contributed by atoms with Gasteiger partial charge in [0.25, 0.3) is 0 Å². The molecule has 0 saturated carbocycles. The molecule has 0 rings (SSSR count). The van der Waals surface area contributed by atoms with Gasteiger partial charge in [-0.1, -0.05) is 22.2 Å². The van der Waals surface area contributed by atoms with Crippen molar-refractivity contribution >= 4 is 38.0 Å². The highest BCUT2D eigenvalue weighted by molar-refractivity contribution is 14.2. The van der Waals surface area contributed by atoms with Gasteiger partial charge in [-0.3, -0.25) is 0 Å². The van der Waals surface area contributed by atoms with E-state index in [0.717, 1.165) is 6.32 Å². The third-order valence-electron chi connectivity index (χ3n) is 0.484. The monoisotopic (exact) mass is 212 g/mol. The lowest BCUT2D eigenvalue weighted by Gasteiger charge is -1.96. The van der Waals surface area contributed by atoms with Crippen LogP contribution in [0.5, 0.6) is 0 Å². The molecule has 3 heteroatoms. The summed E-state index contributed by atoms with van der Waals surface area (Å²) in [4.78, 5) is 0. The lowest BCUT2D eigenvalue weighted by atomic mass is 10.0. The highest BCUT2D eigenvalue weighted by Gasteiger charge is 1.90. The van der Waals surface area contributed by atoms with Crippen LogP contribution in [0.15, 0.2) is 0 Å². The number of halogens is 1. The van der Waals surface area contributed by atoms with Crippen molar-refractivity contribution in [2.75, 3.05) is 0 Å². The Morgan fingerprint density at radius 2 is 2.50 bits per heavy atom. The SMILES string of the molecule is [B]C[C@@H](C)SI. The molecule has 2 radical (unpaired) electrons. The molecular weight excluding hydrogens is 206 g/mol. The zero-order valence-corrected chi connectivity index (χ0v) is 6.62. The summed E-state index contributed by atoms with van der Waals surface area (Å²) in [7, 11) is 7.03. The topological polar surface area (TPSA) is 0 Å². The molecule has 6 heavy (non-hydrogen) atoms. The molecule has 0 aromatic carbocycles. The van der Waals surface area contributed by atoms with Gasteiger partial charge in [-0.2, -0.15) is 0 Å². The minimum absolute atomic E-state index is 0.616. The highest BCUT2D eigenvalue weighted by Crippen LogP contribution is 2.20. The van der Waals surface area contributed by atoms with Crippen molar-refractivity contribution in [3.8, 4) is 0 Å². The second-order valence-electron chi connectivity index (χ2n) is 1.14. The summed E-state index contributed by atoms with van der Waals surface area (Å²) >= 11 is 2.25. The summed E-state index contributed by atoms with van der Waals surface area (Å²) in [6, 6.07) is 0. The minimum Gasteiger partial charge on any atom is -0.0870 e. The van der Waals surface area contributed by atoms with Crippen LogP contribution >= 0.6 is 30.1 Å². The second-order valence-corrected chi connectivity index (χ2v) is 3.64. The van der Waals surface area contributed by atoms with Gasteiger partial charge in [-0.15, -0.1) is 0 Å². The fraction of sp³-hybridized carbons (Fsp3) is 1.00. The van der Waals surface area contributed by atoms with Crippen LogP contribution in [0.4, 0.5) is 0 Å². The first-order chi connectivity index (χ1) is 2.81. The Balaban J connectivity index is 2.75. The van der Waals surface area contributed by atoms with Crippen LogP contribution in [0.1, 0.15) is 6.92 Å². The molecule has 0 fully saturated rings. The fourth-order valence-corrected chi connectivity index (χ4v) is 0.732. The molecular formula is C3H6BIS. The molecule has 0 aliphatic rings. The maximum absolute atomic E-state index is 5.26. The van der Waals surface area contributed by atoms with E-state index in [1.807, 2.05) is 0 Å². The quantitative estimate of drug-likeness (QED) is 0.498. The molecule has 0 bridgehead atoms. The van der Waals surface area contributed by atoms with Gasteiger partial charge in [0.1, 0.15) is 0 Å². The molecule has 0 aliphatic carbocycles. The van der Waals surface area contributed by atoms with E-state index in [1.165, 1.54) is 0 Å². The Kier molecular flexibility index (Phi) is 5.13. The van der Waals surface area contributed by atoms with Crippen LogP contribution in [-0.4, -0.2) is 13.1 Å². The summed E-state index contributed by atoms with van der Waals surface area (Å²) in [6.07, 6.45) is 0.785. The number of rotatable bonds is 2. The summed E-state index contributed by atoms with van der Waals surface area (Å²) in [5.74, 6) is 0. The molecule has 0 aliphatic heterocycles. The minimum atomic E-state index is 0.616. The lowest BCUT2D eigenvalue weighted by molar-refractivity contribution is 1.12. The van der Waals surface area contributed by atoms with Crippen LogP contribution in [0.25, 0.3) is 0 Å². The van der Waals surface area contributed by atoms with E-state index in [4.69, 9.17) is 7.85 Å². The lowest BCUT2D eigenvalue weighted by Crippen LogP contribution is -1.87. The van der Waals surface area contributed by atoms with E-state index in [2.05, 4.69) is 28.1 Å². The van der Waals surface area contributed by atoms with Gasteiger partial charge in [0.2, 0.25) is 0 Å². The molecule has 0 aromatic heterocycles. The normalized spacial score (nSPS) is 14.3. The van der Waals surface area contributed by atoms with E-state index in [0.29, 0.717) is 5.25 Å². The molecule has 1 atom stereocenters. The van der Waals surface area contributed by atoms with Gasteiger partial charge >= 0.3 is 0 Å². The van der Waals surface area contributed by atoms with E-state index >= 15 is 0 Å². The maximum atomic E-state index is 5.26. The number of hydrogen-bond acceptors (Lipinski definition) is 1. The van der Waals surface area contributed by atoms with Gasteiger partial charge in [-0.25, -0.2) is 0 Å². The van der Waals surface area contributed by atoms with Gasteiger partial charge in [-0.05, 0) is 21.2 Å². The van der Waals surface area contributed by atoms with Crippen LogP contribution in [0, 0.1) is 0 Å². The van der Waals surface area contributed by atoms with Crippen molar-refractivity contribution in [1.29, 1.82) is 0 Å². The molecule has 0 unspecified atom stereocenters. The molecule has 0 aromatic rings. The Hall–Kier alpha value is 1.14. The Morgan fingerprint density at radius 1 is 2.00 bits per heavy atom. The number of hydrogen-bond donors (Lipinski definition) is 0. The van der Waals surface area contributed by atoms with Crippen molar-refractivity contribution in [3.63, 3.8) is 0 Å². The zero-order chi connectivity index (χ0) is 4.99. The molecule has 0 saturated heterocycles. The predicted molar refractivity (Wildman–Crippen MR) is 41.6 cm³/mol. The predicted octanol–water partition coefficient (Wildman–Crippen LogP) is 2.04. The third-order valence-corrected chi connectivity index (χ3v) is 3.58. The fourth-order valence-electron chi connectivity index (χ4n) is 0.0364. The van der Waals surface area contributed by atoms with Crippen molar-refractivity contribution in [2.24, 2.45) is 0 Å². The van der Waals surface area contributed by atoms with E-state index in [1.54, 1.807) is 8.93 Å².